The average molecular weight is 490 g/mol. The number of thioether (sulfide) groups is 1. The molecule has 0 unspecified atom stereocenters. The van der Waals surface area contributed by atoms with Crippen LogP contribution in [0.3, 0.4) is 0 Å². The van der Waals surface area contributed by atoms with Crippen molar-refractivity contribution >= 4 is 39.9 Å². The highest BCUT2D eigenvalue weighted by atomic mass is 32.2. The number of aliphatic hydroxyl groups is 1. The predicted octanol–water partition coefficient (Wildman–Crippen LogP) is 5.51. The van der Waals surface area contributed by atoms with Crippen LogP contribution in [0, 0.1) is 6.92 Å². The fraction of sp³-hybridized carbons (Fsp3) is 0.120. The minimum atomic E-state index is -0.856. The number of nitrogens with zero attached hydrogens (tertiary/aromatic N) is 3. The summed E-state index contributed by atoms with van der Waals surface area (Å²) in [6.45, 7) is 1.95. The third kappa shape index (κ3) is 4.15. The van der Waals surface area contributed by atoms with Gasteiger partial charge in [0.05, 0.1) is 17.9 Å². The first-order valence-electron chi connectivity index (χ1n) is 10.4. The lowest BCUT2D eigenvalue weighted by Crippen LogP contribution is -2.31. The standard InChI is InChI=1S/C25H19N3O4S2/c1-15-9-11-17(12-10-15)20-19(21(29)18-8-5-13-32-18)22(30)23(31)28(20)24-26-27-25(34-24)33-14-16-6-3-2-4-7-16/h2-13,20,30H,14H2,1H3/t20-/m0/s1. The van der Waals surface area contributed by atoms with Crippen molar-refractivity contribution in [1.82, 2.24) is 10.2 Å². The Labute approximate surface area is 203 Å². The van der Waals surface area contributed by atoms with Crippen molar-refractivity contribution in [3.63, 3.8) is 0 Å². The number of rotatable bonds is 7. The molecule has 0 saturated carbocycles. The Morgan fingerprint density at radius 1 is 1.09 bits per heavy atom. The van der Waals surface area contributed by atoms with Crippen molar-refractivity contribution in [1.29, 1.82) is 0 Å². The first-order valence-corrected chi connectivity index (χ1v) is 12.2. The first-order chi connectivity index (χ1) is 16.5. The summed E-state index contributed by atoms with van der Waals surface area (Å²) in [6, 6.07) is 19.7. The lowest BCUT2D eigenvalue weighted by Gasteiger charge is -2.23. The topological polar surface area (TPSA) is 96.5 Å². The van der Waals surface area contributed by atoms with Crippen molar-refractivity contribution in [2.45, 2.75) is 23.1 Å². The number of anilines is 1. The number of carbonyl (C=O) groups excluding carboxylic acids is 2. The zero-order valence-electron chi connectivity index (χ0n) is 18.0. The summed E-state index contributed by atoms with van der Waals surface area (Å²) in [7, 11) is 0. The third-order valence-electron chi connectivity index (χ3n) is 5.40. The Balaban J connectivity index is 1.50. The van der Waals surface area contributed by atoms with Gasteiger partial charge in [0.1, 0.15) is 0 Å². The second-order valence-corrected chi connectivity index (χ2v) is 9.86. The summed E-state index contributed by atoms with van der Waals surface area (Å²) >= 11 is 2.75. The molecular formula is C25H19N3O4S2. The van der Waals surface area contributed by atoms with Crippen LogP contribution in [0.5, 0.6) is 0 Å². The summed E-state index contributed by atoms with van der Waals surface area (Å²) in [6.07, 6.45) is 1.38. The van der Waals surface area contributed by atoms with Gasteiger partial charge >= 0.3 is 0 Å². The number of ketones is 1. The molecule has 1 atom stereocenters. The van der Waals surface area contributed by atoms with E-state index in [2.05, 4.69) is 10.2 Å². The third-order valence-corrected chi connectivity index (χ3v) is 7.52. The van der Waals surface area contributed by atoms with E-state index in [4.69, 9.17) is 4.42 Å². The highest BCUT2D eigenvalue weighted by Gasteiger charge is 2.46. The van der Waals surface area contributed by atoms with E-state index in [0.717, 1.165) is 11.1 Å². The van der Waals surface area contributed by atoms with Crippen LogP contribution in [0.2, 0.25) is 0 Å². The van der Waals surface area contributed by atoms with E-state index in [9.17, 15) is 14.7 Å². The molecule has 34 heavy (non-hydrogen) atoms. The minimum Gasteiger partial charge on any atom is -0.503 e. The summed E-state index contributed by atoms with van der Waals surface area (Å²) in [5.41, 5.74) is 2.80. The van der Waals surface area contributed by atoms with Crippen LogP contribution in [0.25, 0.3) is 0 Å². The molecule has 3 heterocycles. The molecular weight excluding hydrogens is 470 g/mol. The maximum atomic E-state index is 13.2. The van der Waals surface area contributed by atoms with Gasteiger partial charge in [-0.15, -0.1) is 10.2 Å². The molecule has 4 aromatic rings. The molecule has 7 nitrogen and oxygen atoms in total. The molecule has 1 N–H and O–H groups in total. The van der Waals surface area contributed by atoms with Gasteiger partial charge in [-0.25, -0.2) is 0 Å². The van der Waals surface area contributed by atoms with Crippen molar-refractivity contribution in [3.05, 3.63) is 107 Å². The average Bonchev–Trinajstić information content (AvgIpc) is 3.60. The van der Waals surface area contributed by atoms with Crippen LogP contribution in [-0.2, 0) is 10.5 Å². The van der Waals surface area contributed by atoms with E-state index in [-0.39, 0.29) is 11.3 Å². The minimum absolute atomic E-state index is 0.0440. The lowest BCUT2D eigenvalue weighted by atomic mass is 9.95. The number of furan rings is 1. The van der Waals surface area contributed by atoms with Crippen molar-refractivity contribution in [2.24, 2.45) is 0 Å². The van der Waals surface area contributed by atoms with Gasteiger partial charge in [-0.05, 0) is 30.2 Å². The fourth-order valence-electron chi connectivity index (χ4n) is 3.72. The predicted molar refractivity (Wildman–Crippen MR) is 130 cm³/mol. The van der Waals surface area contributed by atoms with E-state index in [1.807, 2.05) is 61.5 Å². The molecule has 0 saturated heterocycles. The van der Waals surface area contributed by atoms with E-state index >= 15 is 0 Å². The van der Waals surface area contributed by atoms with E-state index in [1.165, 1.54) is 40.3 Å². The monoisotopic (exact) mass is 489 g/mol. The summed E-state index contributed by atoms with van der Waals surface area (Å²) in [5, 5.41) is 19.5. The van der Waals surface area contributed by atoms with Gasteiger partial charge < -0.3 is 9.52 Å². The van der Waals surface area contributed by atoms with E-state index < -0.39 is 23.5 Å². The summed E-state index contributed by atoms with van der Waals surface area (Å²) < 4.78 is 5.94. The van der Waals surface area contributed by atoms with Crippen molar-refractivity contribution in [3.8, 4) is 0 Å². The Morgan fingerprint density at radius 2 is 1.85 bits per heavy atom. The van der Waals surface area contributed by atoms with Gasteiger partial charge in [-0.2, -0.15) is 0 Å². The van der Waals surface area contributed by atoms with Gasteiger partial charge in [0.2, 0.25) is 10.9 Å². The molecule has 0 spiro atoms. The molecule has 170 valence electrons. The Hall–Kier alpha value is -3.69. The Bertz CT molecular complexity index is 1360. The van der Waals surface area contributed by atoms with Gasteiger partial charge in [-0.1, -0.05) is 83.3 Å². The van der Waals surface area contributed by atoms with Crippen molar-refractivity contribution < 1.29 is 19.1 Å². The first kappa shape index (κ1) is 22.1. The van der Waals surface area contributed by atoms with Gasteiger partial charge in [0.15, 0.2) is 15.9 Å². The molecule has 1 aliphatic rings. The molecule has 1 amide bonds. The second-order valence-electron chi connectivity index (χ2n) is 7.68. The quantitative estimate of drug-likeness (QED) is 0.208. The molecule has 0 bridgehead atoms. The van der Waals surface area contributed by atoms with Gasteiger partial charge in [-0.3, -0.25) is 14.5 Å². The number of aliphatic hydroxyl groups excluding tert-OH is 1. The number of amides is 1. The number of Topliss-reactive ketones (excluding diaryl/α,β-unsaturated/α-hetero) is 1. The highest BCUT2D eigenvalue weighted by molar-refractivity contribution is 8.00. The van der Waals surface area contributed by atoms with Crippen LogP contribution in [0.4, 0.5) is 5.13 Å². The number of aromatic nitrogens is 2. The maximum absolute atomic E-state index is 13.2. The number of hydrogen-bond acceptors (Lipinski definition) is 8. The molecule has 1 aliphatic heterocycles. The van der Waals surface area contributed by atoms with Crippen molar-refractivity contribution in [2.75, 3.05) is 4.90 Å². The van der Waals surface area contributed by atoms with Crippen LogP contribution < -0.4 is 4.90 Å². The number of hydrogen-bond donors (Lipinski definition) is 1. The van der Waals surface area contributed by atoms with Gasteiger partial charge in [0, 0.05) is 5.75 Å². The number of carbonyl (C=O) groups is 2. The summed E-state index contributed by atoms with van der Waals surface area (Å²) in [5.74, 6) is -1.11. The molecule has 2 aromatic carbocycles. The molecule has 5 rings (SSSR count). The smallest absolute Gasteiger partial charge is 0.296 e. The Kier molecular flexibility index (Phi) is 6.04. The largest absolute Gasteiger partial charge is 0.503 e. The van der Waals surface area contributed by atoms with Gasteiger partial charge in [0.25, 0.3) is 5.91 Å². The maximum Gasteiger partial charge on any atom is 0.296 e. The zero-order chi connectivity index (χ0) is 23.7. The van der Waals surface area contributed by atoms with Crippen LogP contribution in [-0.4, -0.2) is 27.0 Å². The molecule has 9 heteroatoms. The second kappa shape index (κ2) is 9.28. The SMILES string of the molecule is Cc1ccc([C@H]2C(C(=O)c3ccco3)=C(O)C(=O)N2c2nnc(SCc3ccccc3)s2)cc1. The molecule has 0 aliphatic carbocycles. The van der Waals surface area contributed by atoms with E-state index in [1.54, 1.807) is 6.07 Å². The zero-order valence-corrected chi connectivity index (χ0v) is 19.7. The Morgan fingerprint density at radius 3 is 2.56 bits per heavy atom. The van der Waals surface area contributed by atoms with E-state index in [0.29, 0.717) is 20.8 Å². The van der Waals surface area contributed by atoms with Crippen LogP contribution >= 0.6 is 23.1 Å². The molecule has 0 fully saturated rings. The fourth-order valence-corrected chi connectivity index (χ4v) is 5.54. The van der Waals surface area contributed by atoms with Crippen LogP contribution in [0.15, 0.2) is 93.1 Å². The number of aryl methyl sites for hydroxylation is 1. The molecule has 2 aromatic heterocycles. The number of benzene rings is 2. The molecule has 0 radical (unpaired) electrons. The summed E-state index contributed by atoms with van der Waals surface area (Å²) in [4.78, 5) is 27.8. The van der Waals surface area contributed by atoms with Crippen LogP contribution in [0.1, 0.15) is 33.3 Å². The normalized spacial score (nSPS) is 15.9. The highest BCUT2D eigenvalue weighted by Crippen LogP contribution is 2.44. The lowest BCUT2D eigenvalue weighted by molar-refractivity contribution is -0.117.